The largest absolute Gasteiger partial charge is 0.481 e. The molecule has 19 heavy (non-hydrogen) atoms. The maximum atomic E-state index is 12.7. The lowest BCUT2D eigenvalue weighted by molar-refractivity contribution is -0.145. The standard InChI is InChI=1S/C13H20N2O4/c14-13(3-5-19-6-4-13)12(18)15-8-1-2-10(15)9(7-8)11(16)17/h8-10H,1-7,14H2,(H,16,17). The van der Waals surface area contributed by atoms with Gasteiger partial charge in [-0.05, 0) is 32.1 Å². The van der Waals surface area contributed by atoms with Crippen molar-refractivity contribution >= 4 is 11.9 Å². The first kappa shape index (κ1) is 12.9. The Morgan fingerprint density at radius 1 is 1.26 bits per heavy atom. The van der Waals surface area contributed by atoms with Crippen molar-refractivity contribution in [3.63, 3.8) is 0 Å². The summed E-state index contributed by atoms with van der Waals surface area (Å²) in [6.07, 6.45) is 3.34. The lowest BCUT2D eigenvalue weighted by atomic mass is 9.88. The van der Waals surface area contributed by atoms with E-state index in [9.17, 15) is 14.7 Å². The average molecular weight is 268 g/mol. The van der Waals surface area contributed by atoms with Crippen LogP contribution in [0, 0.1) is 5.92 Å². The topological polar surface area (TPSA) is 92.9 Å². The fourth-order valence-electron chi connectivity index (χ4n) is 3.78. The number of carboxylic acids is 1. The number of rotatable bonds is 2. The zero-order valence-corrected chi connectivity index (χ0v) is 10.9. The second-order valence-electron chi connectivity index (χ2n) is 5.96. The van der Waals surface area contributed by atoms with Gasteiger partial charge in [0.2, 0.25) is 5.91 Å². The highest BCUT2D eigenvalue weighted by Crippen LogP contribution is 2.43. The minimum absolute atomic E-state index is 0.0629. The van der Waals surface area contributed by atoms with Crippen LogP contribution in [-0.4, -0.2) is 52.7 Å². The number of carbonyl (C=O) groups is 2. The third-order valence-corrected chi connectivity index (χ3v) is 4.90. The van der Waals surface area contributed by atoms with Crippen LogP contribution in [-0.2, 0) is 14.3 Å². The Morgan fingerprint density at radius 2 is 1.95 bits per heavy atom. The minimum atomic E-state index is -0.855. The summed E-state index contributed by atoms with van der Waals surface area (Å²) in [4.78, 5) is 25.7. The maximum Gasteiger partial charge on any atom is 0.308 e. The molecule has 3 rings (SSSR count). The molecule has 3 unspecified atom stereocenters. The summed E-state index contributed by atoms with van der Waals surface area (Å²) in [5.41, 5.74) is 5.38. The number of fused-ring (bicyclic) bond motifs is 2. The van der Waals surface area contributed by atoms with Gasteiger partial charge in [0.1, 0.15) is 0 Å². The fourth-order valence-corrected chi connectivity index (χ4v) is 3.78. The van der Waals surface area contributed by atoms with Crippen molar-refractivity contribution in [3.8, 4) is 0 Å². The zero-order chi connectivity index (χ0) is 13.6. The molecule has 3 aliphatic rings. The molecule has 0 aliphatic carbocycles. The molecule has 106 valence electrons. The summed E-state index contributed by atoms with van der Waals surface area (Å²) in [7, 11) is 0. The Kier molecular flexibility index (Phi) is 3.02. The molecule has 6 nitrogen and oxygen atoms in total. The first-order valence-electron chi connectivity index (χ1n) is 6.95. The molecule has 0 aromatic rings. The van der Waals surface area contributed by atoms with E-state index in [1.807, 2.05) is 0 Å². The average Bonchev–Trinajstić information content (AvgIpc) is 2.96. The Hall–Kier alpha value is -1.14. The third-order valence-electron chi connectivity index (χ3n) is 4.90. The molecule has 0 aromatic heterocycles. The molecular formula is C13H20N2O4. The van der Waals surface area contributed by atoms with E-state index in [1.165, 1.54) is 0 Å². The van der Waals surface area contributed by atoms with E-state index >= 15 is 0 Å². The van der Waals surface area contributed by atoms with Gasteiger partial charge < -0.3 is 20.5 Å². The second-order valence-corrected chi connectivity index (χ2v) is 5.96. The van der Waals surface area contributed by atoms with Gasteiger partial charge in [-0.2, -0.15) is 0 Å². The van der Waals surface area contributed by atoms with E-state index < -0.39 is 17.4 Å². The molecule has 3 aliphatic heterocycles. The van der Waals surface area contributed by atoms with Crippen molar-refractivity contribution < 1.29 is 19.4 Å². The number of carbonyl (C=O) groups excluding carboxylic acids is 1. The van der Waals surface area contributed by atoms with E-state index in [2.05, 4.69) is 0 Å². The van der Waals surface area contributed by atoms with Gasteiger partial charge in [-0.15, -0.1) is 0 Å². The van der Waals surface area contributed by atoms with Crippen LogP contribution in [0.4, 0.5) is 0 Å². The van der Waals surface area contributed by atoms with Crippen LogP contribution in [0.25, 0.3) is 0 Å². The lowest BCUT2D eigenvalue weighted by Crippen LogP contribution is -2.59. The van der Waals surface area contributed by atoms with Gasteiger partial charge in [0.05, 0.1) is 11.5 Å². The number of nitrogens with zero attached hydrogens (tertiary/aromatic N) is 1. The molecule has 0 aromatic carbocycles. The maximum absolute atomic E-state index is 12.7. The van der Waals surface area contributed by atoms with Gasteiger partial charge in [-0.1, -0.05) is 0 Å². The van der Waals surface area contributed by atoms with Gasteiger partial charge >= 0.3 is 5.97 Å². The van der Waals surface area contributed by atoms with Gasteiger partial charge in [-0.3, -0.25) is 9.59 Å². The molecule has 2 bridgehead atoms. The third kappa shape index (κ3) is 1.94. The predicted molar refractivity (Wildman–Crippen MR) is 66.4 cm³/mol. The smallest absolute Gasteiger partial charge is 0.308 e. The van der Waals surface area contributed by atoms with Gasteiger partial charge in [0, 0.05) is 25.3 Å². The number of aliphatic carboxylic acids is 1. The molecule has 0 saturated carbocycles. The fraction of sp³-hybridized carbons (Fsp3) is 0.846. The normalized spacial score (nSPS) is 36.5. The van der Waals surface area contributed by atoms with Crippen molar-refractivity contribution in [3.05, 3.63) is 0 Å². The molecule has 1 amide bonds. The second kappa shape index (κ2) is 4.45. The molecular weight excluding hydrogens is 248 g/mol. The Labute approximate surface area is 111 Å². The summed E-state index contributed by atoms with van der Waals surface area (Å²) >= 11 is 0. The SMILES string of the molecule is NC1(C(=O)N2C3CCC2C(C(=O)O)C3)CCOCC1. The minimum Gasteiger partial charge on any atom is -0.481 e. The van der Waals surface area contributed by atoms with Crippen molar-refractivity contribution in [2.24, 2.45) is 11.7 Å². The van der Waals surface area contributed by atoms with Crippen LogP contribution < -0.4 is 5.73 Å². The number of hydrogen-bond donors (Lipinski definition) is 2. The molecule has 0 radical (unpaired) electrons. The van der Waals surface area contributed by atoms with Gasteiger partial charge in [0.15, 0.2) is 0 Å². The first-order chi connectivity index (χ1) is 9.03. The van der Waals surface area contributed by atoms with Crippen molar-refractivity contribution in [2.75, 3.05) is 13.2 Å². The van der Waals surface area contributed by atoms with Crippen LogP contribution in [0.1, 0.15) is 32.1 Å². The molecule has 3 fully saturated rings. The van der Waals surface area contributed by atoms with E-state index in [-0.39, 0.29) is 18.0 Å². The number of hydrogen-bond acceptors (Lipinski definition) is 4. The zero-order valence-electron chi connectivity index (χ0n) is 10.9. The Morgan fingerprint density at radius 3 is 2.53 bits per heavy atom. The van der Waals surface area contributed by atoms with E-state index in [1.54, 1.807) is 4.90 Å². The molecule has 3 saturated heterocycles. The van der Waals surface area contributed by atoms with E-state index in [0.717, 1.165) is 12.8 Å². The molecule has 3 atom stereocenters. The van der Waals surface area contributed by atoms with Gasteiger partial charge in [0.25, 0.3) is 0 Å². The summed E-state index contributed by atoms with van der Waals surface area (Å²) < 4.78 is 5.26. The molecule has 3 heterocycles. The molecule has 0 spiro atoms. The molecule has 6 heteroatoms. The number of amides is 1. The van der Waals surface area contributed by atoms with Crippen LogP contribution in [0.5, 0.6) is 0 Å². The van der Waals surface area contributed by atoms with Crippen molar-refractivity contribution in [1.29, 1.82) is 0 Å². The predicted octanol–water partition coefficient (Wildman–Crippen LogP) is -0.0416. The monoisotopic (exact) mass is 268 g/mol. The quantitative estimate of drug-likeness (QED) is 0.733. The van der Waals surface area contributed by atoms with Crippen LogP contribution in [0.15, 0.2) is 0 Å². The van der Waals surface area contributed by atoms with Crippen LogP contribution in [0.2, 0.25) is 0 Å². The van der Waals surface area contributed by atoms with E-state index in [4.69, 9.17) is 10.5 Å². The summed E-state index contributed by atoms with van der Waals surface area (Å²) in [6, 6.07) is -0.0832. The summed E-state index contributed by atoms with van der Waals surface area (Å²) in [5, 5.41) is 9.22. The van der Waals surface area contributed by atoms with Crippen LogP contribution >= 0.6 is 0 Å². The molecule has 3 N–H and O–H groups in total. The lowest BCUT2D eigenvalue weighted by Gasteiger charge is -2.37. The summed E-state index contributed by atoms with van der Waals surface area (Å²) in [6.45, 7) is 1.02. The Balaban J connectivity index is 1.79. The Bertz CT molecular complexity index is 405. The summed E-state index contributed by atoms with van der Waals surface area (Å²) in [5.74, 6) is -1.26. The first-order valence-corrected chi connectivity index (χ1v) is 6.95. The number of nitrogens with two attached hydrogens (primary N) is 1. The van der Waals surface area contributed by atoms with E-state index in [0.29, 0.717) is 32.5 Å². The number of carboxylic acid groups (broad SMARTS) is 1. The van der Waals surface area contributed by atoms with Crippen molar-refractivity contribution in [2.45, 2.75) is 49.7 Å². The van der Waals surface area contributed by atoms with Gasteiger partial charge in [-0.25, -0.2) is 0 Å². The highest BCUT2D eigenvalue weighted by atomic mass is 16.5. The number of ether oxygens (including phenoxy) is 1. The van der Waals surface area contributed by atoms with Crippen LogP contribution in [0.3, 0.4) is 0 Å². The highest BCUT2D eigenvalue weighted by molar-refractivity contribution is 5.88. The van der Waals surface area contributed by atoms with Crippen molar-refractivity contribution in [1.82, 2.24) is 4.90 Å². The highest BCUT2D eigenvalue weighted by Gasteiger charge is 2.54.